The summed E-state index contributed by atoms with van der Waals surface area (Å²) < 4.78 is 0. The molecule has 0 heteroatoms. The maximum Gasteiger partial charge on any atom is -0.0117 e. The second-order valence-corrected chi connectivity index (χ2v) is 7.90. The van der Waals surface area contributed by atoms with E-state index in [1.165, 1.54) is 71.9 Å². The van der Waals surface area contributed by atoms with Gasteiger partial charge in [0.15, 0.2) is 0 Å². The van der Waals surface area contributed by atoms with Gasteiger partial charge in [0.2, 0.25) is 0 Å². The zero-order valence-electron chi connectivity index (χ0n) is 18.0. The summed E-state index contributed by atoms with van der Waals surface area (Å²) in [7, 11) is 0. The molecule has 3 aromatic rings. The minimum absolute atomic E-state index is 1.17. The molecule has 3 rings (SSSR count). The van der Waals surface area contributed by atoms with Crippen molar-refractivity contribution in [3.05, 3.63) is 82.9 Å². The third-order valence-electron chi connectivity index (χ3n) is 5.97. The number of benzene rings is 3. The van der Waals surface area contributed by atoms with E-state index in [-0.39, 0.29) is 0 Å². The van der Waals surface area contributed by atoms with Crippen molar-refractivity contribution in [3.8, 4) is 22.3 Å². The van der Waals surface area contributed by atoms with E-state index < -0.39 is 0 Å². The molecule has 0 radical (unpaired) electrons. The molecule has 0 saturated heterocycles. The van der Waals surface area contributed by atoms with E-state index in [9.17, 15) is 0 Å². The number of hydrogen-bond donors (Lipinski definition) is 0. The summed E-state index contributed by atoms with van der Waals surface area (Å²) in [6, 6.07) is 22.0. The van der Waals surface area contributed by atoms with Gasteiger partial charge in [-0.3, -0.25) is 0 Å². The third-order valence-corrected chi connectivity index (χ3v) is 5.97. The van der Waals surface area contributed by atoms with E-state index in [0.29, 0.717) is 0 Å². The summed E-state index contributed by atoms with van der Waals surface area (Å²) in [6.07, 6.45) is 7.29. The van der Waals surface area contributed by atoms with Crippen LogP contribution in [0.2, 0.25) is 0 Å². The molecule has 0 spiro atoms. The van der Waals surface area contributed by atoms with Crippen molar-refractivity contribution < 1.29 is 0 Å². The van der Waals surface area contributed by atoms with Crippen LogP contribution in [-0.2, 0) is 12.8 Å². The second-order valence-electron chi connectivity index (χ2n) is 7.90. The van der Waals surface area contributed by atoms with Gasteiger partial charge in [0, 0.05) is 0 Å². The zero-order chi connectivity index (χ0) is 19.9. The molecule has 0 amide bonds. The van der Waals surface area contributed by atoms with Gasteiger partial charge in [-0.25, -0.2) is 0 Å². The minimum Gasteiger partial charge on any atom is -0.0654 e. The topological polar surface area (TPSA) is 0 Å². The second kappa shape index (κ2) is 9.73. The Kier molecular flexibility index (Phi) is 7.09. The summed E-state index contributed by atoms with van der Waals surface area (Å²) in [4.78, 5) is 0. The van der Waals surface area contributed by atoms with Crippen LogP contribution >= 0.6 is 0 Å². The first-order valence-corrected chi connectivity index (χ1v) is 10.9. The highest BCUT2D eigenvalue weighted by molar-refractivity contribution is 5.83. The first-order valence-electron chi connectivity index (χ1n) is 10.9. The van der Waals surface area contributed by atoms with Gasteiger partial charge in [-0.05, 0) is 84.0 Å². The predicted octanol–water partition coefficient (Wildman–Crippen LogP) is 8.32. The lowest BCUT2D eigenvalue weighted by molar-refractivity contribution is 0.759. The van der Waals surface area contributed by atoms with E-state index in [4.69, 9.17) is 0 Å². The molecule has 0 unspecified atom stereocenters. The molecule has 0 aliphatic carbocycles. The Morgan fingerprint density at radius 1 is 0.536 bits per heavy atom. The van der Waals surface area contributed by atoms with Crippen molar-refractivity contribution in [1.29, 1.82) is 0 Å². The molecule has 0 bridgehead atoms. The van der Waals surface area contributed by atoms with Crippen LogP contribution in [0.4, 0.5) is 0 Å². The molecule has 0 atom stereocenters. The van der Waals surface area contributed by atoms with Crippen LogP contribution < -0.4 is 0 Å². The van der Waals surface area contributed by atoms with Crippen molar-refractivity contribution in [2.75, 3.05) is 0 Å². The number of unbranched alkanes of at least 4 members (excludes halogenated alkanes) is 2. The fourth-order valence-electron chi connectivity index (χ4n) is 4.38. The van der Waals surface area contributed by atoms with Crippen LogP contribution in [0.25, 0.3) is 22.3 Å². The largest absolute Gasteiger partial charge is 0.0654 e. The normalized spacial score (nSPS) is 11.0. The van der Waals surface area contributed by atoms with Crippen molar-refractivity contribution in [2.24, 2.45) is 0 Å². The lowest BCUT2D eigenvalue weighted by Crippen LogP contribution is -2.06. The highest BCUT2D eigenvalue weighted by atomic mass is 14.2. The molecule has 0 fully saturated rings. The van der Waals surface area contributed by atoms with Gasteiger partial charge in [-0.2, -0.15) is 0 Å². The lowest BCUT2D eigenvalue weighted by Gasteiger charge is -2.25. The summed E-state index contributed by atoms with van der Waals surface area (Å²) in [6.45, 7) is 9.24. The van der Waals surface area contributed by atoms with Crippen LogP contribution in [0, 0.1) is 13.8 Å². The van der Waals surface area contributed by atoms with Crippen LogP contribution in [-0.4, -0.2) is 0 Å². The molecule has 0 heterocycles. The van der Waals surface area contributed by atoms with Crippen LogP contribution in [0.1, 0.15) is 61.8 Å². The first kappa shape index (κ1) is 20.4. The Hall–Kier alpha value is -2.34. The first-order chi connectivity index (χ1) is 13.7. The maximum atomic E-state index is 2.32. The van der Waals surface area contributed by atoms with Crippen molar-refractivity contribution in [1.82, 2.24) is 0 Å². The molecule has 28 heavy (non-hydrogen) atoms. The van der Waals surface area contributed by atoms with Crippen molar-refractivity contribution in [2.45, 2.75) is 66.2 Å². The van der Waals surface area contributed by atoms with E-state index >= 15 is 0 Å². The fraction of sp³-hybridized carbons (Fsp3) is 0.357. The molecule has 0 aliphatic heterocycles. The van der Waals surface area contributed by atoms with Gasteiger partial charge in [0.1, 0.15) is 0 Å². The zero-order valence-corrected chi connectivity index (χ0v) is 18.0. The highest BCUT2D eigenvalue weighted by Crippen LogP contribution is 2.41. The van der Waals surface area contributed by atoms with E-state index in [0.717, 1.165) is 0 Å². The van der Waals surface area contributed by atoms with E-state index in [1.54, 1.807) is 11.1 Å². The Labute approximate surface area is 171 Å². The summed E-state index contributed by atoms with van der Waals surface area (Å²) in [5, 5.41) is 0. The van der Waals surface area contributed by atoms with Gasteiger partial charge in [-0.1, -0.05) is 87.4 Å². The number of hydrogen-bond acceptors (Lipinski definition) is 0. The van der Waals surface area contributed by atoms with Crippen LogP contribution in [0.3, 0.4) is 0 Å². The van der Waals surface area contributed by atoms with Gasteiger partial charge in [0.05, 0.1) is 0 Å². The maximum absolute atomic E-state index is 2.32. The monoisotopic (exact) mass is 370 g/mol. The molecule has 0 saturated carbocycles. The SMILES string of the molecule is CCCCc1c(CCCC)c(-c2ccccc2)c(C)c(C)c1-c1ccccc1. The van der Waals surface area contributed by atoms with Crippen LogP contribution in [0.5, 0.6) is 0 Å². The Balaban J connectivity index is 2.34. The molecular weight excluding hydrogens is 336 g/mol. The predicted molar refractivity (Wildman–Crippen MR) is 124 cm³/mol. The highest BCUT2D eigenvalue weighted by Gasteiger charge is 2.21. The Bertz CT molecular complexity index is 812. The van der Waals surface area contributed by atoms with Gasteiger partial charge >= 0.3 is 0 Å². The standard InChI is InChI=1S/C28H34/c1-5-7-19-25-26(20-8-6-2)28(24-17-13-10-14-18-24)22(4)21(3)27(25)23-15-11-9-12-16-23/h9-18H,5-8,19-20H2,1-4H3. The summed E-state index contributed by atoms with van der Waals surface area (Å²) >= 11 is 0. The molecule has 0 aromatic heterocycles. The minimum atomic E-state index is 1.17. The molecule has 146 valence electrons. The summed E-state index contributed by atoms with van der Waals surface area (Å²) in [5.74, 6) is 0. The fourth-order valence-corrected chi connectivity index (χ4v) is 4.38. The average molecular weight is 371 g/mol. The Morgan fingerprint density at radius 3 is 1.21 bits per heavy atom. The molecular formula is C28H34. The smallest absolute Gasteiger partial charge is 0.0117 e. The number of rotatable bonds is 8. The molecule has 3 aromatic carbocycles. The van der Waals surface area contributed by atoms with Gasteiger partial charge in [0.25, 0.3) is 0 Å². The lowest BCUT2D eigenvalue weighted by atomic mass is 9.79. The molecule has 0 N–H and O–H groups in total. The average Bonchev–Trinajstić information content (AvgIpc) is 2.74. The summed E-state index contributed by atoms with van der Waals surface area (Å²) in [5.41, 5.74) is 11.8. The molecule has 0 aliphatic rings. The van der Waals surface area contributed by atoms with Crippen molar-refractivity contribution >= 4 is 0 Å². The molecule has 0 nitrogen and oxygen atoms in total. The van der Waals surface area contributed by atoms with E-state index in [2.05, 4.69) is 88.4 Å². The Morgan fingerprint density at radius 2 is 0.893 bits per heavy atom. The van der Waals surface area contributed by atoms with E-state index in [1.807, 2.05) is 0 Å². The van der Waals surface area contributed by atoms with Crippen LogP contribution in [0.15, 0.2) is 60.7 Å². The quantitative estimate of drug-likeness (QED) is 0.374. The van der Waals surface area contributed by atoms with Gasteiger partial charge in [-0.15, -0.1) is 0 Å². The van der Waals surface area contributed by atoms with Crippen molar-refractivity contribution in [3.63, 3.8) is 0 Å². The van der Waals surface area contributed by atoms with Gasteiger partial charge < -0.3 is 0 Å². The third kappa shape index (κ3) is 4.22.